The SMILES string of the molecule is C[C@@H](NC(=O)Cn1cnc2c(cnn2C)c1=O)[C@@H]1CCCO1. The number of carbonyl (C=O) groups excluding carboxylic acids is 1. The number of amides is 1. The number of hydrogen-bond acceptors (Lipinski definition) is 5. The lowest BCUT2D eigenvalue weighted by atomic mass is 10.1. The number of aryl methyl sites for hydroxylation is 1. The number of fused-ring (bicyclic) bond motifs is 1. The van der Waals surface area contributed by atoms with Gasteiger partial charge in [-0.2, -0.15) is 5.10 Å². The lowest BCUT2D eigenvalue weighted by Crippen LogP contribution is -2.43. The molecule has 22 heavy (non-hydrogen) atoms. The second-order valence-electron chi connectivity index (χ2n) is 5.59. The topological polar surface area (TPSA) is 91.0 Å². The van der Waals surface area contributed by atoms with Crippen molar-refractivity contribution in [1.29, 1.82) is 0 Å². The molecule has 0 aliphatic carbocycles. The van der Waals surface area contributed by atoms with Crippen LogP contribution in [0.5, 0.6) is 0 Å². The van der Waals surface area contributed by atoms with E-state index in [0.717, 1.165) is 19.4 Å². The summed E-state index contributed by atoms with van der Waals surface area (Å²) in [4.78, 5) is 28.6. The molecule has 1 N–H and O–H groups in total. The van der Waals surface area contributed by atoms with Crippen LogP contribution in [-0.2, 0) is 23.1 Å². The molecule has 2 aromatic heterocycles. The van der Waals surface area contributed by atoms with E-state index in [2.05, 4.69) is 15.4 Å². The highest BCUT2D eigenvalue weighted by Gasteiger charge is 2.23. The van der Waals surface area contributed by atoms with E-state index in [9.17, 15) is 9.59 Å². The number of nitrogens with zero attached hydrogens (tertiary/aromatic N) is 4. The summed E-state index contributed by atoms with van der Waals surface area (Å²) in [5, 5.41) is 7.29. The molecule has 1 saturated heterocycles. The van der Waals surface area contributed by atoms with Crippen molar-refractivity contribution in [3.8, 4) is 0 Å². The van der Waals surface area contributed by atoms with E-state index in [1.54, 1.807) is 7.05 Å². The molecule has 118 valence electrons. The van der Waals surface area contributed by atoms with Crippen LogP contribution < -0.4 is 10.9 Å². The fraction of sp³-hybridized carbons (Fsp3) is 0.571. The second kappa shape index (κ2) is 5.88. The molecule has 1 amide bonds. The maximum absolute atomic E-state index is 12.3. The molecule has 0 radical (unpaired) electrons. The zero-order valence-electron chi connectivity index (χ0n) is 12.7. The van der Waals surface area contributed by atoms with Gasteiger partial charge in [-0.05, 0) is 19.8 Å². The summed E-state index contributed by atoms with van der Waals surface area (Å²) in [6, 6.07) is -0.0687. The van der Waals surface area contributed by atoms with Gasteiger partial charge in [-0.1, -0.05) is 0 Å². The summed E-state index contributed by atoms with van der Waals surface area (Å²) in [6.45, 7) is 2.60. The Balaban J connectivity index is 1.71. The number of carbonyl (C=O) groups is 1. The average Bonchev–Trinajstić information content (AvgIpc) is 3.12. The van der Waals surface area contributed by atoms with Crippen LogP contribution in [0.15, 0.2) is 17.3 Å². The Morgan fingerprint density at radius 3 is 3.14 bits per heavy atom. The monoisotopic (exact) mass is 305 g/mol. The first-order valence-corrected chi connectivity index (χ1v) is 7.34. The number of ether oxygens (including phenoxy) is 1. The molecule has 3 rings (SSSR count). The van der Waals surface area contributed by atoms with Gasteiger partial charge >= 0.3 is 0 Å². The first-order valence-electron chi connectivity index (χ1n) is 7.34. The molecule has 0 aromatic carbocycles. The van der Waals surface area contributed by atoms with Crippen LogP contribution in [0.4, 0.5) is 0 Å². The number of rotatable bonds is 4. The fourth-order valence-electron chi connectivity index (χ4n) is 2.72. The van der Waals surface area contributed by atoms with E-state index < -0.39 is 0 Å². The maximum atomic E-state index is 12.3. The quantitative estimate of drug-likeness (QED) is 0.845. The summed E-state index contributed by atoms with van der Waals surface area (Å²) < 4.78 is 8.36. The predicted octanol–water partition coefficient (Wildman–Crippen LogP) is -0.186. The van der Waals surface area contributed by atoms with Crippen molar-refractivity contribution in [3.63, 3.8) is 0 Å². The number of nitrogens with one attached hydrogen (secondary N) is 1. The van der Waals surface area contributed by atoms with E-state index in [1.807, 2.05) is 6.92 Å². The van der Waals surface area contributed by atoms with Crippen LogP contribution in [0, 0.1) is 0 Å². The summed E-state index contributed by atoms with van der Waals surface area (Å²) in [5.74, 6) is -0.227. The van der Waals surface area contributed by atoms with Gasteiger partial charge in [0.1, 0.15) is 18.3 Å². The van der Waals surface area contributed by atoms with Gasteiger partial charge in [0.25, 0.3) is 5.56 Å². The fourth-order valence-corrected chi connectivity index (χ4v) is 2.72. The van der Waals surface area contributed by atoms with Crippen LogP contribution in [0.2, 0.25) is 0 Å². The van der Waals surface area contributed by atoms with Crippen molar-refractivity contribution >= 4 is 16.9 Å². The molecule has 1 aliphatic rings. The normalized spacial score (nSPS) is 19.5. The van der Waals surface area contributed by atoms with E-state index in [-0.39, 0.29) is 30.2 Å². The van der Waals surface area contributed by atoms with Crippen molar-refractivity contribution in [2.24, 2.45) is 7.05 Å². The van der Waals surface area contributed by atoms with E-state index in [0.29, 0.717) is 11.0 Å². The van der Waals surface area contributed by atoms with Crippen molar-refractivity contribution in [3.05, 3.63) is 22.9 Å². The first kappa shape index (κ1) is 14.7. The molecule has 2 atom stereocenters. The summed E-state index contributed by atoms with van der Waals surface area (Å²) in [7, 11) is 1.72. The Kier molecular flexibility index (Phi) is 3.93. The first-order chi connectivity index (χ1) is 10.6. The third-order valence-corrected chi connectivity index (χ3v) is 3.94. The molecule has 1 aliphatic heterocycles. The Morgan fingerprint density at radius 1 is 1.59 bits per heavy atom. The highest BCUT2D eigenvalue weighted by atomic mass is 16.5. The van der Waals surface area contributed by atoms with Crippen molar-refractivity contribution in [2.45, 2.75) is 38.5 Å². The Morgan fingerprint density at radius 2 is 2.41 bits per heavy atom. The zero-order chi connectivity index (χ0) is 15.7. The summed E-state index contributed by atoms with van der Waals surface area (Å²) in [5.41, 5.74) is 0.243. The molecule has 0 unspecified atom stereocenters. The van der Waals surface area contributed by atoms with Gasteiger partial charge in [-0.3, -0.25) is 18.8 Å². The Labute approximate surface area is 127 Å². The number of hydrogen-bond donors (Lipinski definition) is 1. The predicted molar refractivity (Wildman–Crippen MR) is 79.3 cm³/mol. The van der Waals surface area contributed by atoms with E-state index in [4.69, 9.17) is 4.74 Å². The summed E-state index contributed by atoms with van der Waals surface area (Å²) >= 11 is 0. The van der Waals surface area contributed by atoms with Crippen LogP contribution in [0.1, 0.15) is 19.8 Å². The molecular weight excluding hydrogens is 286 g/mol. The molecule has 0 saturated carbocycles. The van der Waals surface area contributed by atoms with Crippen LogP contribution in [0.3, 0.4) is 0 Å². The van der Waals surface area contributed by atoms with Gasteiger partial charge in [0.05, 0.1) is 18.3 Å². The largest absolute Gasteiger partial charge is 0.376 e. The van der Waals surface area contributed by atoms with Crippen LogP contribution in [-0.4, -0.2) is 44.0 Å². The van der Waals surface area contributed by atoms with Gasteiger partial charge in [0, 0.05) is 13.7 Å². The van der Waals surface area contributed by atoms with Gasteiger partial charge in [0.2, 0.25) is 5.91 Å². The lowest BCUT2D eigenvalue weighted by molar-refractivity contribution is -0.123. The van der Waals surface area contributed by atoms with Crippen molar-refractivity contribution in [1.82, 2.24) is 24.6 Å². The second-order valence-corrected chi connectivity index (χ2v) is 5.59. The summed E-state index contributed by atoms with van der Waals surface area (Å²) in [6.07, 6.45) is 4.87. The van der Waals surface area contributed by atoms with Crippen LogP contribution >= 0.6 is 0 Å². The van der Waals surface area contributed by atoms with Crippen LogP contribution in [0.25, 0.3) is 11.0 Å². The van der Waals surface area contributed by atoms with Gasteiger partial charge in [-0.25, -0.2) is 4.98 Å². The molecule has 0 spiro atoms. The molecule has 8 heteroatoms. The Hall–Kier alpha value is -2.22. The van der Waals surface area contributed by atoms with Crippen molar-refractivity contribution in [2.75, 3.05) is 6.61 Å². The highest BCUT2D eigenvalue weighted by molar-refractivity contribution is 5.77. The average molecular weight is 305 g/mol. The van der Waals surface area contributed by atoms with Gasteiger partial charge < -0.3 is 10.1 Å². The minimum absolute atomic E-state index is 0.0552. The lowest BCUT2D eigenvalue weighted by Gasteiger charge is -2.20. The minimum atomic E-state index is -0.266. The Bertz CT molecular complexity index is 745. The van der Waals surface area contributed by atoms with E-state index in [1.165, 1.54) is 21.8 Å². The van der Waals surface area contributed by atoms with Gasteiger partial charge in [-0.15, -0.1) is 0 Å². The third kappa shape index (κ3) is 2.74. The molecule has 3 heterocycles. The zero-order valence-corrected chi connectivity index (χ0v) is 12.7. The molecule has 0 bridgehead atoms. The molecule has 8 nitrogen and oxygen atoms in total. The smallest absolute Gasteiger partial charge is 0.264 e. The van der Waals surface area contributed by atoms with Gasteiger partial charge in [0.15, 0.2) is 5.65 Å². The minimum Gasteiger partial charge on any atom is -0.376 e. The highest BCUT2D eigenvalue weighted by Crippen LogP contribution is 2.15. The molecular formula is C14H19N5O3. The van der Waals surface area contributed by atoms with Crippen molar-refractivity contribution < 1.29 is 9.53 Å². The molecule has 2 aromatic rings. The number of aromatic nitrogens is 4. The maximum Gasteiger partial charge on any atom is 0.264 e. The molecule has 1 fully saturated rings. The van der Waals surface area contributed by atoms with E-state index >= 15 is 0 Å². The standard InChI is InChI=1S/C14H19N5O3/c1-9(11-4-3-5-22-11)17-12(20)7-19-8-15-13-10(14(19)21)6-16-18(13)2/h6,8-9,11H,3-5,7H2,1-2H3,(H,17,20)/t9-,11+/m1/s1. The third-order valence-electron chi connectivity index (χ3n) is 3.94.